The minimum atomic E-state index is -0.342. The second-order valence-corrected chi connectivity index (χ2v) is 4.75. The van der Waals surface area contributed by atoms with Gasteiger partial charge in [-0.1, -0.05) is 0 Å². The number of carbonyl (C=O) groups excluding carboxylic acids is 1. The Bertz CT molecular complexity index is 555. The van der Waals surface area contributed by atoms with Crippen molar-refractivity contribution in [2.24, 2.45) is 0 Å². The number of rotatable bonds is 1. The maximum absolute atomic E-state index is 12.1. The lowest BCUT2D eigenvalue weighted by molar-refractivity contribution is 0.0682. The van der Waals surface area contributed by atoms with Crippen LogP contribution >= 0.6 is 0 Å². The van der Waals surface area contributed by atoms with Crippen LogP contribution < -0.4 is 4.84 Å². The van der Waals surface area contributed by atoms with Crippen LogP contribution in [-0.2, 0) is 0 Å². The van der Waals surface area contributed by atoms with Crippen molar-refractivity contribution >= 4 is 6.09 Å². The zero-order valence-corrected chi connectivity index (χ0v) is 10.7. The number of aromatic nitrogens is 4. The third kappa shape index (κ3) is 2.35. The number of carbonyl (C=O) groups is 1. The minimum absolute atomic E-state index is 0.223. The van der Waals surface area contributed by atoms with Gasteiger partial charge < -0.3 is 9.74 Å². The predicted octanol–water partition coefficient (Wildman–Crippen LogP) is 1.20. The Hall–Kier alpha value is -2.18. The van der Waals surface area contributed by atoms with Crippen molar-refractivity contribution in [3.05, 3.63) is 18.7 Å². The Balaban J connectivity index is 1.73. The van der Waals surface area contributed by atoms with Crippen molar-refractivity contribution in [3.63, 3.8) is 0 Å². The normalized spacial score (nSPS) is 19.6. The van der Waals surface area contributed by atoms with Gasteiger partial charge in [-0.3, -0.25) is 0 Å². The molecule has 3 heterocycles. The minimum Gasteiger partial charge on any atom is -0.316 e. The van der Waals surface area contributed by atoms with E-state index < -0.39 is 0 Å². The number of likely N-dealkylation sites (tertiary alicyclic amines) is 1. The summed E-state index contributed by atoms with van der Waals surface area (Å²) in [5.41, 5.74) is 0.738. The highest BCUT2D eigenvalue weighted by atomic mass is 16.7. The van der Waals surface area contributed by atoms with E-state index in [1.54, 1.807) is 17.3 Å². The molecule has 3 rings (SSSR count). The van der Waals surface area contributed by atoms with E-state index in [1.165, 1.54) is 11.1 Å². The van der Waals surface area contributed by atoms with E-state index in [9.17, 15) is 4.79 Å². The number of nitrogens with zero attached hydrogens (tertiary/aromatic N) is 5. The lowest BCUT2D eigenvalue weighted by atomic mass is 10.0. The first-order valence-corrected chi connectivity index (χ1v) is 6.38. The van der Waals surface area contributed by atoms with Crippen LogP contribution in [-0.4, -0.2) is 43.5 Å². The summed E-state index contributed by atoms with van der Waals surface area (Å²) in [6.45, 7) is 2.79. The van der Waals surface area contributed by atoms with Crippen molar-refractivity contribution in [1.82, 2.24) is 24.8 Å². The first-order chi connectivity index (χ1) is 9.24. The van der Waals surface area contributed by atoms with Gasteiger partial charge in [-0.25, -0.2) is 9.78 Å². The highest BCUT2D eigenvalue weighted by molar-refractivity contribution is 5.68. The van der Waals surface area contributed by atoms with Crippen LogP contribution in [0.1, 0.15) is 26.2 Å². The van der Waals surface area contributed by atoms with E-state index in [0.717, 1.165) is 31.4 Å². The standard InChI is InChI=1S/C12H15N5O2/c1-9-4-2-3-5-17(9)12(18)19-16-7-10-6-14-15-11(10)13-8-16/h6-9H,2-5H2,1H3. The van der Waals surface area contributed by atoms with E-state index in [2.05, 4.69) is 15.2 Å². The van der Waals surface area contributed by atoms with Gasteiger partial charge in [-0.15, -0.1) is 5.10 Å². The quantitative estimate of drug-likeness (QED) is 0.771. The topological polar surface area (TPSA) is 73.1 Å². The molecule has 0 aromatic rings. The monoisotopic (exact) mass is 261 g/mol. The fourth-order valence-electron chi connectivity index (χ4n) is 2.30. The van der Waals surface area contributed by atoms with E-state index >= 15 is 0 Å². The molecule has 3 aliphatic rings. The SMILES string of the molecule is CC1CCCCN1C(=O)On1cnc2nncc-2c1. The maximum atomic E-state index is 12.1. The molecule has 0 N–H and O–H groups in total. The zero-order valence-electron chi connectivity index (χ0n) is 10.7. The number of hydrogen-bond donors (Lipinski definition) is 0. The zero-order chi connectivity index (χ0) is 13.2. The first-order valence-electron chi connectivity index (χ1n) is 6.38. The van der Waals surface area contributed by atoms with Gasteiger partial charge in [0.05, 0.1) is 18.0 Å². The molecule has 0 bridgehead atoms. The molecule has 0 aromatic carbocycles. The number of fused-ring (bicyclic) bond motifs is 1. The fourth-order valence-corrected chi connectivity index (χ4v) is 2.30. The Labute approximate surface area is 110 Å². The van der Waals surface area contributed by atoms with E-state index in [4.69, 9.17) is 4.84 Å². The molecule has 0 saturated carbocycles. The largest absolute Gasteiger partial charge is 0.434 e. The molecule has 19 heavy (non-hydrogen) atoms. The summed E-state index contributed by atoms with van der Waals surface area (Å²) in [6, 6.07) is 0.223. The van der Waals surface area contributed by atoms with Crippen molar-refractivity contribution in [1.29, 1.82) is 0 Å². The smallest absolute Gasteiger partial charge is 0.316 e. The van der Waals surface area contributed by atoms with E-state index in [0.29, 0.717) is 5.82 Å². The molecule has 3 aliphatic heterocycles. The summed E-state index contributed by atoms with van der Waals surface area (Å²) in [6.07, 6.45) is 7.52. The van der Waals surface area contributed by atoms with Crippen molar-refractivity contribution in [2.75, 3.05) is 6.54 Å². The number of piperidine rings is 1. The molecule has 0 radical (unpaired) electrons. The Kier molecular flexibility index (Phi) is 3.02. The lowest BCUT2D eigenvalue weighted by Gasteiger charge is -2.32. The molecule has 1 unspecified atom stereocenters. The number of amides is 1. The van der Waals surface area contributed by atoms with Gasteiger partial charge in [-0.2, -0.15) is 9.83 Å². The van der Waals surface area contributed by atoms with Crippen LogP contribution in [0.25, 0.3) is 11.4 Å². The molecular weight excluding hydrogens is 246 g/mol. The summed E-state index contributed by atoms with van der Waals surface area (Å²) in [7, 11) is 0. The molecule has 1 fully saturated rings. The molecule has 1 saturated heterocycles. The van der Waals surface area contributed by atoms with E-state index in [-0.39, 0.29) is 12.1 Å². The molecule has 1 atom stereocenters. The van der Waals surface area contributed by atoms with Crippen LogP contribution in [0.4, 0.5) is 4.79 Å². The Morgan fingerprint density at radius 1 is 1.47 bits per heavy atom. The number of hydrogen-bond acceptors (Lipinski definition) is 5. The fraction of sp³-hybridized carbons (Fsp3) is 0.500. The molecule has 100 valence electrons. The molecule has 0 aromatic heterocycles. The average molecular weight is 261 g/mol. The summed E-state index contributed by atoms with van der Waals surface area (Å²) in [5, 5.41) is 7.56. The van der Waals surface area contributed by atoms with Gasteiger partial charge in [-0.05, 0) is 26.2 Å². The summed E-state index contributed by atoms with van der Waals surface area (Å²) < 4.78 is 1.30. The van der Waals surface area contributed by atoms with Crippen molar-refractivity contribution < 1.29 is 9.63 Å². The van der Waals surface area contributed by atoms with Gasteiger partial charge in [0.25, 0.3) is 0 Å². The van der Waals surface area contributed by atoms with Crippen LogP contribution in [0.15, 0.2) is 18.7 Å². The van der Waals surface area contributed by atoms with Crippen LogP contribution in [0, 0.1) is 0 Å². The van der Waals surface area contributed by atoms with Crippen molar-refractivity contribution in [2.45, 2.75) is 32.2 Å². The van der Waals surface area contributed by atoms with Gasteiger partial charge in [0.1, 0.15) is 6.33 Å². The predicted molar refractivity (Wildman–Crippen MR) is 66.4 cm³/mol. The average Bonchev–Trinajstić information content (AvgIpc) is 2.86. The van der Waals surface area contributed by atoms with E-state index in [1.807, 2.05) is 6.92 Å². The summed E-state index contributed by atoms with van der Waals surface area (Å²) in [4.78, 5) is 23.2. The summed E-state index contributed by atoms with van der Waals surface area (Å²) in [5.74, 6) is 0.540. The third-order valence-electron chi connectivity index (χ3n) is 3.39. The van der Waals surface area contributed by atoms with Crippen LogP contribution in [0.3, 0.4) is 0 Å². The van der Waals surface area contributed by atoms with Crippen LogP contribution in [0.2, 0.25) is 0 Å². The lowest BCUT2D eigenvalue weighted by Crippen LogP contribution is -2.45. The summed E-state index contributed by atoms with van der Waals surface area (Å²) >= 11 is 0. The molecule has 7 nitrogen and oxygen atoms in total. The van der Waals surface area contributed by atoms with Gasteiger partial charge in [0, 0.05) is 12.6 Å². The highest BCUT2D eigenvalue weighted by Gasteiger charge is 2.25. The first kappa shape index (κ1) is 11.9. The van der Waals surface area contributed by atoms with Crippen LogP contribution in [0.5, 0.6) is 0 Å². The Morgan fingerprint density at radius 2 is 2.37 bits per heavy atom. The second-order valence-electron chi connectivity index (χ2n) is 4.75. The highest BCUT2D eigenvalue weighted by Crippen LogP contribution is 2.17. The molecular formula is C12H15N5O2. The van der Waals surface area contributed by atoms with Crippen molar-refractivity contribution in [3.8, 4) is 11.4 Å². The third-order valence-corrected chi connectivity index (χ3v) is 3.39. The molecule has 0 spiro atoms. The van der Waals surface area contributed by atoms with Gasteiger partial charge in [0.15, 0.2) is 5.82 Å². The molecule has 0 aliphatic carbocycles. The Morgan fingerprint density at radius 3 is 3.21 bits per heavy atom. The maximum Gasteiger partial charge on any atom is 0.434 e. The molecule has 7 heteroatoms. The van der Waals surface area contributed by atoms with Gasteiger partial charge >= 0.3 is 6.09 Å². The van der Waals surface area contributed by atoms with Gasteiger partial charge in [0.2, 0.25) is 0 Å². The molecule has 1 amide bonds. The second kappa shape index (κ2) is 4.83.